The molecule has 2 aliphatic rings. The number of anilines is 1. The van der Waals surface area contributed by atoms with Crippen LogP contribution in [0.5, 0.6) is 0 Å². The fourth-order valence-electron chi connectivity index (χ4n) is 3.76. The second kappa shape index (κ2) is 5.43. The Morgan fingerprint density at radius 2 is 1.95 bits per heavy atom. The zero-order valence-electron chi connectivity index (χ0n) is 12.2. The van der Waals surface area contributed by atoms with E-state index < -0.39 is 0 Å². The van der Waals surface area contributed by atoms with E-state index >= 15 is 0 Å². The maximum absolute atomic E-state index is 12.6. The molecule has 2 heterocycles. The summed E-state index contributed by atoms with van der Waals surface area (Å²) in [4.78, 5) is 18.7. The molecule has 0 radical (unpaired) electrons. The third-order valence-corrected chi connectivity index (χ3v) is 5.10. The van der Waals surface area contributed by atoms with Gasteiger partial charge in [0.2, 0.25) is 0 Å². The van der Waals surface area contributed by atoms with Crippen LogP contribution >= 0.6 is 0 Å². The molecule has 1 saturated heterocycles. The summed E-state index contributed by atoms with van der Waals surface area (Å²) in [7, 11) is 1.84. The number of hydrogen-bond acceptors (Lipinski definition) is 3. The van der Waals surface area contributed by atoms with E-state index in [9.17, 15) is 4.79 Å². The third kappa shape index (κ3) is 2.39. The minimum absolute atomic E-state index is 0.121. The normalized spacial score (nSPS) is 21.1. The summed E-state index contributed by atoms with van der Waals surface area (Å²) in [6.45, 7) is 1.80. The van der Waals surface area contributed by atoms with Crippen molar-refractivity contribution >= 4 is 11.6 Å². The van der Waals surface area contributed by atoms with Gasteiger partial charge in [0.25, 0.3) is 5.91 Å². The Balaban J connectivity index is 1.70. The smallest absolute Gasteiger partial charge is 0.257 e. The summed E-state index contributed by atoms with van der Waals surface area (Å²) in [5.41, 5.74) is 2.11. The number of pyridine rings is 1. The molecule has 1 saturated carbocycles. The van der Waals surface area contributed by atoms with Crippen molar-refractivity contribution in [2.75, 3.05) is 25.5 Å². The monoisotopic (exact) mass is 273 g/mol. The van der Waals surface area contributed by atoms with E-state index in [0.717, 1.165) is 18.8 Å². The van der Waals surface area contributed by atoms with Crippen LogP contribution in [0.1, 0.15) is 48.9 Å². The topological polar surface area (TPSA) is 45.2 Å². The molecule has 1 aliphatic carbocycles. The number of hydrogen-bond donors (Lipinski definition) is 1. The van der Waals surface area contributed by atoms with E-state index in [1.54, 1.807) is 12.4 Å². The van der Waals surface area contributed by atoms with Crippen molar-refractivity contribution in [1.82, 2.24) is 9.88 Å². The van der Waals surface area contributed by atoms with Gasteiger partial charge in [-0.05, 0) is 37.2 Å². The Hall–Kier alpha value is -1.58. The molecule has 0 atom stereocenters. The van der Waals surface area contributed by atoms with Gasteiger partial charge in [-0.2, -0.15) is 0 Å². The van der Waals surface area contributed by atoms with Crippen LogP contribution in [0.25, 0.3) is 0 Å². The van der Waals surface area contributed by atoms with Gasteiger partial charge in [-0.3, -0.25) is 9.78 Å². The molecule has 3 rings (SSSR count). The second-order valence-corrected chi connectivity index (χ2v) is 6.17. The average molecular weight is 273 g/mol. The highest BCUT2D eigenvalue weighted by atomic mass is 16.2. The van der Waals surface area contributed by atoms with Gasteiger partial charge in [0, 0.05) is 38.2 Å². The molecule has 1 amide bonds. The first-order valence-electron chi connectivity index (χ1n) is 7.65. The molecule has 0 bridgehead atoms. The standard InChI is InChI=1S/C16H23N3O/c1-17-14-4-9-18-12-13(14)15(20)19-10-7-16(8-11-19)5-2-3-6-16/h4,9,12H,2-3,5-8,10-11H2,1H3,(H,17,18). The van der Waals surface area contributed by atoms with Gasteiger partial charge in [0.1, 0.15) is 0 Å². The molecule has 0 aromatic carbocycles. The van der Waals surface area contributed by atoms with Crippen molar-refractivity contribution in [3.8, 4) is 0 Å². The Labute approximate surface area is 120 Å². The molecular formula is C16H23N3O. The highest BCUT2D eigenvalue weighted by Crippen LogP contribution is 2.46. The van der Waals surface area contributed by atoms with Crippen molar-refractivity contribution < 1.29 is 4.79 Å². The Morgan fingerprint density at radius 3 is 2.60 bits per heavy atom. The summed E-state index contributed by atoms with van der Waals surface area (Å²) in [5, 5.41) is 3.08. The van der Waals surface area contributed by atoms with Gasteiger partial charge < -0.3 is 10.2 Å². The molecule has 4 heteroatoms. The number of rotatable bonds is 2. The van der Waals surface area contributed by atoms with Gasteiger partial charge in [0.15, 0.2) is 0 Å². The zero-order chi connectivity index (χ0) is 14.0. The van der Waals surface area contributed by atoms with Crippen molar-refractivity contribution in [2.45, 2.75) is 38.5 Å². The number of carbonyl (C=O) groups excluding carboxylic acids is 1. The maximum Gasteiger partial charge on any atom is 0.257 e. The molecule has 1 aromatic rings. The lowest BCUT2D eigenvalue weighted by atomic mass is 9.77. The lowest BCUT2D eigenvalue weighted by Crippen LogP contribution is -2.42. The molecule has 1 spiro atoms. The summed E-state index contributed by atoms with van der Waals surface area (Å²) in [6.07, 6.45) is 11.2. The number of nitrogens with zero attached hydrogens (tertiary/aromatic N) is 2. The van der Waals surface area contributed by atoms with Crippen molar-refractivity contribution in [1.29, 1.82) is 0 Å². The highest BCUT2D eigenvalue weighted by molar-refractivity contribution is 5.99. The van der Waals surface area contributed by atoms with Crippen molar-refractivity contribution in [3.63, 3.8) is 0 Å². The lowest BCUT2D eigenvalue weighted by molar-refractivity contribution is 0.0588. The molecule has 108 valence electrons. The van der Waals surface area contributed by atoms with Crippen LogP contribution in [0.4, 0.5) is 5.69 Å². The van der Waals surface area contributed by atoms with Crippen LogP contribution in [0.15, 0.2) is 18.5 Å². The second-order valence-electron chi connectivity index (χ2n) is 6.17. The number of carbonyl (C=O) groups is 1. The van der Waals surface area contributed by atoms with E-state index in [1.807, 2.05) is 18.0 Å². The molecule has 0 unspecified atom stereocenters. The third-order valence-electron chi connectivity index (χ3n) is 5.10. The SMILES string of the molecule is CNc1ccncc1C(=O)N1CCC2(CCCC2)CC1. The Kier molecular flexibility index (Phi) is 3.64. The van der Waals surface area contributed by atoms with Crippen LogP contribution in [0.3, 0.4) is 0 Å². The number of amides is 1. The van der Waals surface area contributed by atoms with Crippen molar-refractivity contribution in [2.24, 2.45) is 5.41 Å². The van der Waals surface area contributed by atoms with Crippen LogP contribution in [-0.4, -0.2) is 35.9 Å². The first-order chi connectivity index (χ1) is 9.74. The molecule has 2 fully saturated rings. The zero-order valence-corrected chi connectivity index (χ0v) is 12.2. The van der Waals surface area contributed by atoms with Crippen LogP contribution in [-0.2, 0) is 0 Å². The summed E-state index contributed by atoms with van der Waals surface area (Å²) in [6, 6.07) is 1.86. The van der Waals surface area contributed by atoms with E-state index in [1.165, 1.54) is 38.5 Å². The minimum atomic E-state index is 0.121. The summed E-state index contributed by atoms with van der Waals surface area (Å²) < 4.78 is 0. The van der Waals surface area contributed by atoms with Crippen LogP contribution in [0.2, 0.25) is 0 Å². The molecular weight excluding hydrogens is 250 g/mol. The van der Waals surface area contributed by atoms with Crippen LogP contribution < -0.4 is 5.32 Å². The van der Waals surface area contributed by atoms with Gasteiger partial charge in [-0.25, -0.2) is 0 Å². The molecule has 1 aliphatic heterocycles. The minimum Gasteiger partial charge on any atom is -0.387 e. The largest absolute Gasteiger partial charge is 0.387 e. The Bertz CT molecular complexity index is 484. The van der Waals surface area contributed by atoms with Crippen LogP contribution in [0, 0.1) is 5.41 Å². The highest BCUT2D eigenvalue weighted by Gasteiger charge is 2.38. The summed E-state index contributed by atoms with van der Waals surface area (Å²) in [5.74, 6) is 0.121. The average Bonchev–Trinajstić information content (AvgIpc) is 2.95. The number of piperidine rings is 1. The predicted octanol–water partition coefficient (Wildman–Crippen LogP) is 2.92. The maximum atomic E-state index is 12.6. The molecule has 20 heavy (non-hydrogen) atoms. The van der Waals surface area contributed by atoms with Gasteiger partial charge in [0.05, 0.1) is 5.56 Å². The quantitative estimate of drug-likeness (QED) is 0.901. The molecule has 1 N–H and O–H groups in total. The lowest BCUT2D eigenvalue weighted by Gasteiger charge is -2.39. The van der Waals surface area contributed by atoms with E-state index in [0.29, 0.717) is 11.0 Å². The van der Waals surface area contributed by atoms with Gasteiger partial charge in [-0.1, -0.05) is 12.8 Å². The van der Waals surface area contributed by atoms with Gasteiger partial charge >= 0.3 is 0 Å². The number of nitrogens with one attached hydrogen (secondary N) is 1. The van der Waals surface area contributed by atoms with E-state index in [4.69, 9.17) is 0 Å². The van der Waals surface area contributed by atoms with Crippen molar-refractivity contribution in [3.05, 3.63) is 24.0 Å². The first kappa shape index (κ1) is 13.4. The molecule has 1 aromatic heterocycles. The van der Waals surface area contributed by atoms with E-state index in [2.05, 4.69) is 10.3 Å². The summed E-state index contributed by atoms with van der Waals surface area (Å²) >= 11 is 0. The number of likely N-dealkylation sites (tertiary alicyclic amines) is 1. The fourth-order valence-corrected chi connectivity index (χ4v) is 3.76. The Morgan fingerprint density at radius 1 is 1.25 bits per heavy atom. The molecule has 4 nitrogen and oxygen atoms in total. The number of aromatic nitrogens is 1. The van der Waals surface area contributed by atoms with E-state index in [-0.39, 0.29) is 5.91 Å². The first-order valence-corrected chi connectivity index (χ1v) is 7.65. The predicted molar refractivity (Wildman–Crippen MR) is 79.8 cm³/mol. The van der Waals surface area contributed by atoms with Gasteiger partial charge in [-0.15, -0.1) is 0 Å². The fraction of sp³-hybridized carbons (Fsp3) is 0.625.